The third-order valence-corrected chi connectivity index (χ3v) is 4.50. The Morgan fingerprint density at radius 2 is 2.00 bits per heavy atom. The van der Waals surface area contributed by atoms with E-state index < -0.39 is 9.04 Å². The van der Waals surface area contributed by atoms with Crippen molar-refractivity contribution >= 4 is 9.04 Å². The third kappa shape index (κ3) is 5.22. The Labute approximate surface area is 72.2 Å². The predicted octanol–water partition coefficient (Wildman–Crippen LogP) is 2.73. The summed E-state index contributed by atoms with van der Waals surface area (Å²) in [6, 6.07) is 2.50. The zero-order valence-electron chi connectivity index (χ0n) is 7.97. The highest BCUT2D eigenvalue weighted by atomic mass is 28.3. The van der Waals surface area contributed by atoms with Gasteiger partial charge < -0.3 is 4.43 Å². The molecule has 0 aliphatic rings. The van der Waals surface area contributed by atoms with Crippen LogP contribution in [0.2, 0.25) is 12.1 Å². The quantitative estimate of drug-likeness (QED) is 0.442. The molecule has 1 nitrogen and oxygen atoms in total. The second kappa shape index (κ2) is 6.62. The summed E-state index contributed by atoms with van der Waals surface area (Å²) in [5.41, 5.74) is 0. The molecule has 0 saturated carbocycles. The van der Waals surface area contributed by atoms with Crippen LogP contribution >= 0.6 is 0 Å². The zero-order chi connectivity index (χ0) is 8.69. The molecule has 0 saturated heterocycles. The average molecular weight is 172 g/mol. The summed E-state index contributed by atoms with van der Waals surface area (Å²) in [7, 11) is -0.829. The second-order valence-corrected chi connectivity index (χ2v) is 6.06. The van der Waals surface area contributed by atoms with Crippen LogP contribution in [0, 0.1) is 0 Å². The fraction of sp³-hybridized carbons (Fsp3) is 0.778. The van der Waals surface area contributed by atoms with Crippen LogP contribution in [0.1, 0.15) is 27.2 Å². The molecule has 0 radical (unpaired) electrons. The molecular weight excluding hydrogens is 152 g/mol. The van der Waals surface area contributed by atoms with Gasteiger partial charge in [0.1, 0.15) is 0 Å². The molecule has 1 atom stereocenters. The highest BCUT2D eigenvalue weighted by molar-refractivity contribution is 6.51. The summed E-state index contributed by atoms with van der Waals surface area (Å²) in [5, 5.41) is 0. The minimum atomic E-state index is -0.829. The first-order chi connectivity index (χ1) is 5.24. The van der Waals surface area contributed by atoms with Crippen LogP contribution in [0.4, 0.5) is 0 Å². The SMILES string of the molecule is C=CCC(C)O[SiH](CC)CC. The van der Waals surface area contributed by atoms with E-state index in [-0.39, 0.29) is 0 Å². The van der Waals surface area contributed by atoms with Gasteiger partial charge in [0, 0.05) is 6.10 Å². The Balaban J connectivity index is 3.52. The minimum absolute atomic E-state index is 0.393. The van der Waals surface area contributed by atoms with Crippen molar-refractivity contribution in [1.29, 1.82) is 0 Å². The van der Waals surface area contributed by atoms with Gasteiger partial charge >= 0.3 is 0 Å². The van der Waals surface area contributed by atoms with Crippen LogP contribution in [0.25, 0.3) is 0 Å². The molecule has 0 fully saturated rings. The van der Waals surface area contributed by atoms with Crippen LogP contribution in [0.15, 0.2) is 12.7 Å². The Morgan fingerprint density at radius 1 is 1.45 bits per heavy atom. The van der Waals surface area contributed by atoms with Gasteiger partial charge in [0.15, 0.2) is 9.04 Å². The van der Waals surface area contributed by atoms with Crippen molar-refractivity contribution < 1.29 is 4.43 Å². The van der Waals surface area contributed by atoms with Gasteiger partial charge in [-0.2, -0.15) is 0 Å². The molecule has 0 aliphatic heterocycles. The Hall–Kier alpha value is -0.0831. The van der Waals surface area contributed by atoms with Crippen molar-refractivity contribution in [3.8, 4) is 0 Å². The van der Waals surface area contributed by atoms with E-state index in [9.17, 15) is 0 Å². The maximum atomic E-state index is 5.86. The van der Waals surface area contributed by atoms with E-state index >= 15 is 0 Å². The lowest BCUT2D eigenvalue weighted by Crippen LogP contribution is -2.21. The summed E-state index contributed by atoms with van der Waals surface area (Å²) in [4.78, 5) is 0. The summed E-state index contributed by atoms with van der Waals surface area (Å²) in [6.45, 7) is 10.3. The molecule has 0 spiro atoms. The molecule has 0 aromatic rings. The van der Waals surface area contributed by atoms with Crippen LogP contribution in [0.5, 0.6) is 0 Å². The normalized spacial score (nSPS) is 13.5. The standard InChI is InChI=1S/C9H20OSi/c1-5-8-9(4)10-11(6-2)7-3/h5,9,11H,1,6-8H2,2-4H3. The van der Waals surface area contributed by atoms with E-state index in [1.54, 1.807) is 0 Å². The van der Waals surface area contributed by atoms with Crippen LogP contribution < -0.4 is 0 Å². The molecule has 0 aromatic heterocycles. The lowest BCUT2D eigenvalue weighted by Gasteiger charge is -2.17. The molecule has 2 heteroatoms. The van der Waals surface area contributed by atoms with Gasteiger partial charge in [0.2, 0.25) is 0 Å². The summed E-state index contributed by atoms with van der Waals surface area (Å²) in [6.07, 6.45) is 3.31. The highest BCUT2D eigenvalue weighted by Crippen LogP contribution is 2.06. The summed E-state index contributed by atoms with van der Waals surface area (Å²) < 4.78 is 5.86. The largest absolute Gasteiger partial charge is 0.417 e. The van der Waals surface area contributed by atoms with E-state index in [1.807, 2.05) is 6.08 Å². The maximum Gasteiger partial charge on any atom is 0.176 e. The number of hydrogen-bond acceptors (Lipinski definition) is 1. The molecule has 66 valence electrons. The topological polar surface area (TPSA) is 9.23 Å². The lowest BCUT2D eigenvalue weighted by molar-refractivity contribution is 0.224. The van der Waals surface area contributed by atoms with E-state index in [1.165, 1.54) is 12.1 Å². The molecule has 0 rings (SSSR count). The van der Waals surface area contributed by atoms with Crippen molar-refractivity contribution in [2.24, 2.45) is 0 Å². The van der Waals surface area contributed by atoms with Gasteiger partial charge in [-0.3, -0.25) is 0 Å². The van der Waals surface area contributed by atoms with Gasteiger partial charge in [0.25, 0.3) is 0 Å². The Morgan fingerprint density at radius 3 is 2.36 bits per heavy atom. The van der Waals surface area contributed by atoms with E-state index in [0.717, 1.165) is 6.42 Å². The Bertz CT molecular complexity index is 99.7. The van der Waals surface area contributed by atoms with Crippen molar-refractivity contribution in [2.45, 2.75) is 45.4 Å². The van der Waals surface area contributed by atoms with Crippen LogP contribution in [-0.2, 0) is 4.43 Å². The molecule has 0 heterocycles. The molecule has 1 unspecified atom stereocenters. The maximum absolute atomic E-state index is 5.86. The molecule has 0 aromatic carbocycles. The van der Waals surface area contributed by atoms with E-state index in [2.05, 4.69) is 27.4 Å². The average Bonchev–Trinajstić information content (AvgIpc) is 2.01. The molecule has 0 bridgehead atoms. The van der Waals surface area contributed by atoms with Crippen molar-refractivity contribution in [3.05, 3.63) is 12.7 Å². The highest BCUT2D eigenvalue weighted by Gasteiger charge is 2.09. The summed E-state index contributed by atoms with van der Waals surface area (Å²) in [5.74, 6) is 0. The smallest absolute Gasteiger partial charge is 0.176 e. The molecule has 0 amide bonds. The zero-order valence-corrected chi connectivity index (χ0v) is 9.12. The number of rotatable bonds is 6. The molecule has 11 heavy (non-hydrogen) atoms. The molecule has 0 N–H and O–H groups in total. The molecular formula is C9H20OSi. The van der Waals surface area contributed by atoms with E-state index in [0.29, 0.717) is 6.10 Å². The first-order valence-corrected chi connectivity index (χ1v) is 6.61. The fourth-order valence-electron chi connectivity index (χ4n) is 1.10. The number of hydrogen-bond donors (Lipinski definition) is 0. The van der Waals surface area contributed by atoms with Crippen molar-refractivity contribution in [1.82, 2.24) is 0 Å². The monoisotopic (exact) mass is 172 g/mol. The first kappa shape index (κ1) is 10.9. The summed E-state index contributed by atoms with van der Waals surface area (Å²) >= 11 is 0. The van der Waals surface area contributed by atoms with Gasteiger partial charge in [-0.25, -0.2) is 0 Å². The van der Waals surface area contributed by atoms with Gasteiger partial charge in [0.05, 0.1) is 0 Å². The first-order valence-electron chi connectivity index (χ1n) is 4.50. The van der Waals surface area contributed by atoms with E-state index in [4.69, 9.17) is 4.43 Å². The third-order valence-electron chi connectivity index (χ3n) is 1.83. The fourth-order valence-corrected chi connectivity index (χ4v) is 2.83. The lowest BCUT2D eigenvalue weighted by atomic mass is 10.3. The van der Waals surface area contributed by atoms with Crippen LogP contribution in [0.3, 0.4) is 0 Å². The van der Waals surface area contributed by atoms with Gasteiger partial charge in [-0.05, 0) is 25.4 Å². The van der Waals surface area contributed by atoms with Crippen molar-refractivity contribution in [2.75, 3.05) is 0 Å². The van der Waals surface area contributed by atoms with Crippen LogP contribution in [-0.4, -0.2) is 15.1 Å². The van der Waals surface area contributed by atoms with Crippen molar-refractivity contribution in [3.63, 3.8) is 0 Å². The predicted molar refractivity (Wildman–Crippen MR) is 53.5 cm³/mol. The minimum Gasteiger partial charge on any atom is -0.417 e. The van der Waals surface area contributed by atoms with Gasteiger partial charge in [-0.1, -0.05) is 19.9 Å². The second-order valence-electron chi connectivity index (χ2n) is 2.91. The van der Waals surface area contributed by atoms with Gasteiger partial charge in [-0.15, -0.1) is 6.58 Å². The molecule has 0 aliphatic carbocycles. The Kier molecular flexibility index (Phi) is 6.57.